The Hall–Kier alpha value is -3.16. The topological polar surface area (TPSA) is 79.3 Å². The van der Waals surface area contributed by atoms with Gasteiger partial charge in [-0.2, -0.15) is 0 Å². The van der Waals surface area contributed by atoms with Gasteiger partial charge in [0, 0.05) is 49.7 Å². The van der Waals surface area contributed by atoms with Crippen molar-refractivity contribution in [2.75, 3.05) is 18.9 Å². The zero-order valence-corrected chi connectivity index (χ0v) is 17.7. The van der Waals surface area contributed by atoms with Gasteiger partial charge in [0.15, 0.2) is 0 Å². The van der Waals surface area contributed by atoms with Crippen molar-refractivity contribution in [3.05, 3.63) is 65.5 Å². The highest BCUT2D eigenvalue weighted by Gasteiger charge is 2.14. The molecule has 156 valence electrons. The molecular weight excluding hydrogens is 402 g/mol. The van der Waals surface area contributed by atoms with Gasteiger partial charge in [-0.05, 0) is 35.2 Å². The second kappa shape index (κ2) is 9.11. The van der Waals surface area contributed by atoms with Crippen molar-refractivity contribution in [3.63, 3.8) is 0 Å². The number of pyridine rings is 1. The van der Waals surface area contributed by atoms with Crippen LogP contribution in [0.3, 0.4) is 0 Å². The Morgan fingerprint density at radius 2 is 2.07 bits per heavy atom. The lowest BCUT2D eigenvalue weighted by atomic mass is 10.1. The van der Waals surface area contributed by atoms with Crippen LogP contribution in [0.1, 0.15) is 16.8 Å². The summed E-state index contributed by atoms with van der Waals surface area (Å²) in [6.07, 6.45) is 4.95. The van der Waals surface area contributed by atoms with E-state index in [0.717, 1.165) is 27.7 Å². The van der Waals surface area contributed by atoms with Crippen LogP contribution >= 0.6 is 12.4 Å². The number of nitrogens with zero attached hydrogens (tertiary/aromatic N) is 3. The Morgan fingerprint density at radius 3 is 2.87 bits per heavy atom. The third-order valence-corrected chi connectivity index (χ3v) is 5.09. The van der Waals surface area contributed by atoms with Crippen molar-refractivity contribution in [2.45, 2.75) is 13.1 Å². The molecule has 0 aliphatic carbocycles. The lowest BCUT2D eigenvalue weighted by molar-refractivity contribution is -0.125. The number of fused-ring (bicyclic) bond motifs is 2. The fourth-order valence-electron chi connectivity index (χ4n) is 3.47. The summed E-state index contributed by atoms with van der Waals surface area (Å²) in [5.41, 5.74) is 3.93. The number of carbonyl (C=O) groups is 2. The molecule has 7 nitrogen and oxygen atoms in total. The van der Waals surface area contributed by atoms with Gasteiger partial charge in [0.1, 0.15) is 5.82 Å². The predicted molar refractivity (Wildman–Crippen MR) is 120 cm³/mol. The molecule has 2 N–H and O–H groups in total. The highest BCUT2D eigenvalue weighted by Crippen LogP contribution is 2.20. The SMILES string of the molecule is CN(Cc1cc2ccccc2n1C)C(=O)/C=C/c1cnc2c(c1)CNCC(=O)N2.Cl. The number of nitrogens with one attached hydrogen (secondary N) is 2. The van der Waals surface area contributed by atoms with E-state index >= 15 is 0 Å². The van der Waals surface area contributed by atoms with E-state index in [4.69, 9.17) is 0 Å². The smallest absolute Gasteiger partial charge is 0.246 e. The molecule has 0 radical (unpaired) electrons. The van der Waals surface area contributed by atoms with Crippen LogP contribution in [-0.4, -0.2) is 39.9 Å². The van der Waals surface area contributed by atoms with E-state index < -0.39 is 0 Å². The average molecular weight is 426 g/mol. The molecule has 0 fully saturated rings. The summed E-state index contributed by atoms with van der Waals surface area (Å²) in [4.78, 5) is 30.1. The summed E-state index contributed by atoms with van der Waals surface area (Å²) in [7, 11) is 3.80. The second-order valence-electron chi connectivity index (χ2n) is 7.21. The fourth-order valence-corrected chi connectivity index (χ4v) is 3.47. The Labute approximate surface area is 181 Å². The second-order valence-corrected chi connectivity index (χ2v) is 7.21. The number of aryl methyl sites for hydroxylation is 1. The van der Waals surface area contributed by atoms with E-state index in [-0.39, 0.29) is 30.8 Å². The van der Waals surface area contributed by atoms with Crippen molar-refractivity contribution in [2.24, 2.45) is 7.05 Å². The molecule has 3 aromatic rings. The minimum atomic E-state index is -0.107. The Bertz CT molecular complexity index is 1120. The van der Waals surface area contributed by atoms with Crippen molar-refractivity contribution >= 4 is 47.0 Å². The summed E-state index contributed by atoms with van der Waals surface area (Å²) < 4.78 is 2.11. The van der Waals surface area contributed by atoms with Crippen LogP contribution in [0, 0.1) is 0 Å². The van der Waals surface area contributed by atoms with Gasteiger partial charge in [0.2, 0.25) is 11.8 Å². The van der Waals surface area contributed by atoms with Crippen molar-refractivity contribution < 1.29 is 9.59 Å². The molecule has 3 heterocycles. The minimum absolute atomic E-state index is 0. The van der Waals surface area contributed by atoms with Crippen LogP contribution in [0.4, 0.5) is 5.82 Å². The summed E-state index contributed by atoms with van der Waals surface area (Å²) in [6.45, 7) is 1.34. The molecule has 1 aromatic carbocycles. The van der Waals surface area contributed by atoms with Crippen LogP contribution in [0.2, 0.25) is 0 Å². The lowest BCUT2D eigenvalue weighted by Gasteiger charge is -2.16. The van der Waals surface area contributed by atoms with Gasteiger partial charge >= 0.3 is 0 Å². The van der Waals surface area contributed by atoms with Gasteiger partial charge in [-0.1, -0.05) is 18.2 Å². The standard InChI is InChI=1S/C22H23N5O2.ClH/c1-26(14-18-10-16-5-3-4-6-19(16)27(18)2)21(29)8-7-15-9-17-12-23-13-20(28)25-22(17)24-11-15;/h3-11,23H,12-14H2,1-2H3,(H,24,25,28);1H/b8-7+;. The molecular formula is C22H24ClN5O2. The molecule has 0 saturated heterocycles. The first-order valence-electron chi connectivity index (χ1n) is 9.47. The molecule has 1 aliphatic rings. The Kier molecular flexibility index (Phi) is 6.54. The van der Waals surface area contributed by atoms with Gasteiger partial charge < -0.3 is 20.1 Å². The molecule has 2 aromatic heterocycles. The van der Waals surface area contributed by atoms with Crippen molar-refractivity contribution in [1.82, 2.24) is 19.8 Å². The van der Waals surface area contributed by atoms with Gasteiger partial charge in [-0.15, -0.1) is 12.4 Å². The molecule has 0 atom stereocenters. The van der Waals surface area contributed by atoms with Crippen LogP contribution in [0.25, 0.3) is 17.0 Å². The van der Waals surface area contributed by atoms with E-state index in [0.29, 0.717) is 18.9 Å². The third-order valence-electron chi connectivity index (χ3n) is 5.09. The first-order valence-corrected chi connectivity index (χ1v) is 9.47. The third kappa shape index (κ3) is 4.53. The van der Waals surface area contributed by atoms with E-state index in [2.05, 4.69) is 38.4 Å². The van der Waals surface area contributed by atoms with Crippen LogP contribution in [-0.2, 0) is 29.7 Å². The number of carbonyl (C=O) groups excluding carboxylic acids is 2. The normalized spacial score (nSPS) is 13.5. The molecule has 0 spiro atoms. The van der Waals surface area contributed by atoms with Crippen molar-refractivity contribution in [1.29, 1.82) is 0 Å². The highest BCUT2D eigenvalue weighted by molar-refractivity contribution is 5.93. The van der Waals surface area contributed by atoms with E-state index in [9.17, 15) is 9.59 Å². The summed E-state index contributed by atoms with van der Waals surface area (Å²) >= 11 is 0. The number of hydrogen-bond acceptors (Lipinski definition) is 4. The maximum atomic E-state index is 12.6. The summed E-state index contributed by atoms with van der Waals surface area (Å²) in [5.74, 6) is 0.373. The minimum Gasteiger partial charge on any atom is -0.346 e. The van der Waals surface area contributed by atoms with Crippen LogP contribution in [0.5, 0.6) is 0 Å². The number of likely N-dealkylation sites (N-methyl/N-ethyl adjacent to an activating group) is 1. The van der Waals surface area contributed by atoms with Crippen LogP contribution in [0.15, 0.2) is 48.7 Å². The quantitative estimate of drug-likeness (QED) is 0.630. The molecule has 0 saturated carbocycles. The van der Waals surface area contributed by atoms with E-state index in [1.165, 1.54) is 0 Å². The van der Waals surface area contributed by atoms with Crippen molar-refractivity contribution in [3.8, 4) is 0 Å². The predicted octanol–water partition coefficient (Wildman–Crippen LogP) is 2.71. The monoisotopic (exact) mass is 425 g/mol. The first-order chi connectivity index (χ1) is 14.0. The first kappa shape index (κ1) is 21.5. The molecule has 0 unspecified atom stereocenters. The molecule has 30 heavy (non-hydrogen) atoms. The summed E-state index contributed by atoms with van der Waals surface area (Å²) in [6, 6.07) is 12.2. The average Bonchev–Trinajstić information content (AvgIpc) is 2.90. The molecule has 8 heteroatoms. The van der Waals surface area contributed by atoms with E-state index in [1.54, 1.807) is 30.3 Å². The van der Waals surface area contributed by atoms with Gasteiger partial charge in [0.05, 0.1) is 13.1 Å². The maximum Gasteiger partial charge on any atom is 0.246 e. The number of aromatic nitrogens is 2. The molecule has 4 rings (SSSR count). The number of halogens is 1. The molecule has 0 bridgehead atoms. The number of hydrogen-bond donors (Lipinski definition) is 2. The van der Waals surface area contributed by atoms with Crippen LogP contribution < -0.4 is 10.6 Å². The zero-order chi connectivity index (χ0) is 20.4. The number of anilines is 1. The number of para-hydroxylation sites is 1. The largest absolute Gasteiger partial charge is 0.346 e. The zero-order valence-electron chi connectivity index (χ0n) is 16.9. The maximum absolute atomic E-state index is 12.6. The van der Waals surface area contributed by atoms with Gasteiger partial charge in [0.25, 0.3) is 0 Å². The highest BCUT2D eigenvalue weighted by atomic mass is 35.5. The molecule has 2 amide bonds. The number of amides is 2. The Morgan fingerprint density at radius 1 is 1.27 bits per heavy atom. The number of benzene rings is 1. The lowest BCUT2D eigenvalue weighted by Crippen LogP contribution is -2.25. The molecule has 1 aliphatic heterocycles. The van der Waals surface area contributed by atoms with Gasteiger partial charge in [-0.3, -0.25) is 9.59 Å². The number of rotatable bonds is 4. The van der Waals surface area contributed by atoms with Gasteiger partial charge in [-0.25, -0.2) is 4.98 Å². The van der Waals surface area contributed by atoms with E-state index in [1.807, 2.05) is 25.2 Å². The fraction of sp³-hybridized carbons (Fsp3) is 0.227. The Balaban J connectivity index is 0.00000256. The summed E-state index contributed by atoms with van der Waals surface area (Å²) in [5, 5.41) is 6.98.